The first-order valence-corrected chi connectivity index (χ1v) is 13.6. The molecule has 1 heterocycles. The summed E-state index contributed by atoms with van der Waals surface area (Å²) in [5.41, 5.74) is 10.1. The molecule has 0 aliphatic heterocycles. The van der Waals surface area contributed by atoms with Crippen molar-refractivity contribution in [1.82, 2.24) is 9.55 Å². The van der Waals surface area contributed by atoms with E-state index in [2.05, 4.69) is 0 Å². The molecule has 0 unspecified atom stereocenters. The predicted octanol–water partition coefficient (Wildman–Crippen LogP) is 6.82. The molecule has 0 saturated heterocycles. The number of aliphatic carboxylic acids is 1. The number of carbonyl (C=O) groups is 1. The maximum atomic E-state index is 11.1. The molecule has 5 rings (SSSR count). The van der Waals surface area contributed by atoms with E-state index in [1.54, 1.807) is 18.2 Å². The standard InChI is InChI=1S/C32H30ClN3O5/c1-36-29-18-27(41-26-4-2-3-24(34)17-26)12-13-28(29)35-31(36)15-16-39-25-11-7-22(8-14-32(37)38)30(19-25)40-20-21-5-9-23(33)10-6-21/h2-7,9-13,17-19H,8,14-16,20,34H2,1H3,(H,37,38). The Labute approximate surface area is 242 Å². The van der Waals surface area contributed by atoms with E-state index in [1.165, 1.54) is 0 Å². The molecule has 5 aromatic rings. The fourth-order valence-corrected chi connectivity index (χ4v) is 4.56. The molecule has 0 saturated carbocycles. The van der Waals surface area contributed by atoms with Crippen molar-refractivity contribution in [2.45, 2.75) is 25.9 Å². The van der Waals surface area contributed by atoms with Crippen LogP contribution in [0.15, 0.2) is 84.9 Å². The van der Waals surface area contributed by atoms with Crippen molar-refractivity contribution in [3.8, 4) is 23.0 Å². The first-order chi connectivity index (χ1) is 19.8. The van der Waals surface area contributed by atoms with Gasteiger partial charge in [0.15, 0.2) is 0 Å². The third-order valence-electron chi connectivity index (χ3n) is 6.59. The van der Waals surface area contributed by atoms with Crippen molar-refractivity contribution in [2.75, 3.05) is 12.3 Å². The fourth-order valence-electron chi connectivity index (χ4n) is 4.43. The number of imidazole rings is 1. The molecule has 41 heavy (non-hydrogen) atoms. The van der Waals surface area contributed by atoms with E-state index >= 15 is 0 Å². The number of hydrogen-bond acceptors (Lipinski definition) is 6. The van der Waals surface area contributed by atoms with Gasteiger partial charge in [-0.3, -0.25) is 4.79 Å². The molecule has 9 heteroatoms. The van der Waals surface area contributed by atoms with Crippen molar-refractivity contribution in [3.63, 3.8) is 0 Å². The highest BCUT2D eigenvalue weighted by Gasteiger charge is 2.12. The highest BCUT2D eigenvalue weighted by molar-refractivity contribution is 6.30. The Balaban J connectivity index is 1.25. The number of anilines is 1. The largest absolute Gasteiger partial charge is 0.493 e. The number of rotatable bonds is 12. The predicted molar refractivity (Wildman–Crippen MR) is 159 cm³/mol. The van der Waals surface area contributed by atoms with Crippen LogP contribution in [0.3, 0.4) is 0 Å². The molecule has 0 bridgehead atoms. The Bertz CT molecular complexity index is 1670. The first-order valence-electron chi connectivity index (χ1n) is 13.2. The molecule has 0 aliphatic carbocycles. The third kappa shape index (κ3) is 7.29. The lowest BCUT2D eigenvalue weighted by Crippen LogP contribution is -2.07. The Kier molecular flexibility index (Phi) is 8.60. The van der Waals surface area contributed by atoms with Crippen molar-refractivity contribution >= 4 is 34.3 Å². The van der Waals surface area contributed by atoms with E-state index in [1.807, 2.05) is 78.3 Å². The van der Waals surface area contributed by atoms with Gasteiger partial charge in [0.2, 0.25) is 0 Å². The van der Waals surface area contributed by atoms with E-state index in [0.29, 0.717) is 59.8 Å². The molecule has 8 nitrogen and oxygen atoms in total. The van der Waals surface area contributed by atoms with Crippen LogP contribution < -0.4 is 19.9 Å². The van der Waals surface area contributed by atoms with Crippen LogP contribution in [0, 0.1) is 0 Å². The van der Waals surface area contributed by atoms with Crippen LogP contribution in [-0.2, 0) is 31.3 Å². The van der Waals surface area contributed by atoms with Gasteiger partial charge in [-0.15, -0.1) is 0 Å². The summed E-state index contributed by atoms with van der Waals surface area (Å²) in [5.74, 6) is 2.60. The van der Waals surface area contributed by atoms with Crippen LogP contribution in [0.5, 0.6) is 23.0 Å². The molecule has 0 amide bonds. The zero-order valence-corrected chi connectivity index (χ0v) is 23.3. The second-order valence-electron chi connectivity index (χ2n) is 9.59. The van der Waals surface area contributed by atoms with Crippen molar-refractivity contribution in [1.29, 1.82) is 0 Å². The van der Waals surface area contributed by atoms with Crippen molar-refractivity contribution in [3.05, 3.63) is 107 Å². The summed E-state index contributed by atoms with van der Waals surface area (Å²) in [7, 11) is 1.97. The van der Waals surface area contributed by atoms with E-state index in [9.17, 15) is 4.79 Å². The number of carboxylic acid groups (broad SMARTS) is 1. The van der Waals surface area contributed by atoms with Gasteiger partial charge in [0.05, 0.1) is 17.6 Å². The molecule has 1 aromatic heterocycles. The van der Waals surface area contributed by atoms with Crippen LogP contribution in [0.2, 0.25) is 5.02 Å². The highest BCUT2D eigenvalue weighted by atomic mass is 35.5. The number of aromatic nitrogens is 2. The zero-order valence-electron chi connectivity index (χ0n) is 22.5. The van der Waals surface area contributed by atoms with Crippen LogP contribution in [0.4, 0.5) is 5.69 Å². The van der Waals surface area contributed by atoms with E-state index in [0.717, 1.165) is 28.0 Å². The molecule has 0 aliphatic rings. The highest BCUT2D eigenvalue weighted by Crippen LogP contribution is 2.29. The fraction of sp³-hybridized carbons (Fsp3) is 0.188. The molecule has 0 atom stereocenters. The summed E-state index contributed by atoms with van der Waals surface area (Å²) in [6.45, 7) is 0.721. The number of carboxylic acids is 1. The Morgan fingerprint density at radius 2 is 1.71 bits per heavy atom. The van der Waals surface area contributed by atoms with Gasteiger partial charge in [0.25, 0.3) is 0 Å². The number of halogens is 1. The SMILES string of the molecule is Cn1c(CCOc2ccc(CCC(=O)O)c(OCc3ccc(Cl)cc3)c2)nc2ccc(Oc3cccc(N)c3)cc21. The minimum atomic E-state index is -0.861. The van der Waals surface area contributed by atoms with Crippen molar-refractivity contribution < 1.29 is 24.1 Å². The van der Waals surface area contributed by atoms with Gasteiger partial charge in [0, 0.05) is 48.8 Å². The lowest BCUT2D eigenvalue weighted by molar-refractivity contribution is -0.136. The minimum Gasteiger partial charge on any atom is -0.493 e. The Morgan fingerprint density at radius 1 is 0.927 bits per heavy atom. The number of fused-ring (bicyclic) bond motifs is 1. The zero-order chi connectivity index (χ0) is 28.8. The summed E-state index contributed by atoms with van der Waals surface area (Å²) >= 11 is 5.98. The average molecular weight is 572 g/mol. The third-order valence-corrected chi connectivity index (χ3v) is 6.84. The van der Waals surface area contributed by atoms with Gasteiger partial charge in [-0.2, -0.15) is 0 Å². The molecule has 3 N–H and O–H groups in total. The topological polar surface area (TPSA) is 109 Å². The molecule has 4 aromatic carbocycles. The molecule has 0 spiro atoms. The van der Waals surface area contributed by atoms with Crippen LogP contribution >= 0.6 is 11.6 Å². The summed E-state index contributed by atoms with van der Waals surface area (Å²) in [5, 5.41) is 9.80. The van der Waals surface area contributed by atoms with Crippen molar-refractivity contribution in [2.24, 2.45) is 7.05 Å². The molecule has 210 valence electrons. The van der Waals surface area contributed by atoms with Gasteiger partial charge in [0.1, 0.15) is 35.4 Å². The van der Waals surface area contributed by atoms with Crippen LogP contribution in [0.25, 0.3) is 11.0 Å². The number of benzene rings is 4. The summed E-state index contributed by atoms with van der Waals surface area (Å²) in [6, 6.07) is 26.0. The number of nitrogens with zero attached hydrogens (tertiary/aromatic N) is 2. The van der Waals surface area contributed by atoms with E-state index in [-0.39, 0.29) is 6.42 Å². The van der Waals surface area contributed by atoms with Gasteiger partial charge in [-0.25, -0.2) is 4.98 Å². The summed E-state index contributed by atoms with van der Waals surface area (Å²) in [4.78, 5) is 15.9. The number of nitrogens with two attached hydrogens (primary N) is 1. The smallest absolute Gasteiger partial charge is 0.303 e. The maximum absolute atomic E-state index is 11.1. The Hall–Kier alpha value is -4.69. The van der Waals surface area contributed by atoms with Gasteiger partial charge in [-0.1, -0.05) is 35.9 Å². The first kappa shape index (κ1) is 27.9. The van der Waals surface area contributed by atoms with Crippen LogP contribution in [0.1, 0.15) is 23.4 Å². The minimum absolute atomic E-state index is 0.0103. The number of nitrogen functional groups attached to an aromatic ring is 1. The van der Waals surface area contributed by atoms with Gasteiger partial charge < -0.3 is 29.6 Å². The quantitative estimate of drug-likeness (QED) is 0.158. The Morgan fingerprint density at radius 3 is 2.49 bits per heavy atom. The lowest BCUT2D eigenvalue weighted by atomic mass is 10.1. The number of aryl methyl sites for hydroxylation is 2. The average Bonchev–Trinajstić information content (AvgIpc) is 3.26. The maximum Gasteiger partial charge on any atom is 0.303 e. The second-order valence-corrected chi connectivity index (χ2v) is 10.0. The van der Waals surface area contributed by atoms with E-state index < -0.39 is 5.97 Å². The monoisotopic (exact) mass is 571 g/mol. The van der Waals surface area contributed by atoms with Crippen LogP contribution in [-0.4, -0.2) is 27.2 Å². The molecular formula is C32H30ClN3O5. The summed E-state index contributed by atoms with van der Waals surface area (Å²) in [6.07, 6.45) is 0.948. The van der Waals surface area contributed by atoms with Gasteiger partial charge in [-0.05, 0) is 60.0 Å². The normalized spacial score (nSPS) is 11.0. The molecular weight excluding hydrogens is 542 g/mol. The summed E-state index contributed by atoms with van der Waals surface area (Å²) < 4.78 is 20.1. The molecule has 0 fully saturated rings. The van der Waals surface area contributed by atoms with Gasteiger partial charge >= 0.3 is 5.97 Å². The second kappa shape index (κ2) is 12.7. The molecule has 0 radical (unpaired) electrons. The lowest BCUT2D eigenvalue weighted by Gasteiger charge is -2.14. The van der Waals surface area contributed by atoms with E-state index in [4.69, 9.17) is 41.6 Å². The number of ether oxygens (including phenoxy) is 3. The number of hydrogen-bond donors (Lipinski definition) is 2.